The summed E-state index contributed by atoms with van der Waals surface area (Å²) in [6.07, 6.45) is -0.00418. The van der Waals surface area contributed by atoms with Gasteiger partial charge >= 0.3 is 0 Å². The molecule has 20 heavy (non-hydrogen) atoms. The van der Waals surface area contributed by atoms with Gasteiger partial charge in [0.15, 0.2) is 17.5 Å². The molecular formula is C13H13F3N2O2. The molecule has 2 rings (SSSR count). The van der Waals surface area contributed by atoms with Crippen LogP contribution in [0.1, 0.15) is 20.3 Å². The van der Waals surface area contributed by atoms with Gasteiger partial charge in [-0.1, -0.05) is 0 Å². The van der Waals surface area contributed by atoms with Crippen LogP contribution in [-0.2, 0) is 9.59 Å². The SMILES string of the molecule is CC1(C)NC(=O)CCN(c2cc(F)c(F)c(F)c2)C1=O. The molecule has 1 fully saturated rings. The average Bonchev–Trinajstić information content (AvgIpc) is 2.44. The van der Waals surface area contributed by atoms with Gasteiger partial charge in [-0.05, 0) is 13.8 Å². The van der Waals surface area contributed by atoms with E-state index in [1.165, 1.54) is 13.8 Å². The second-order valence-electron chi connectivity index (χ2n) is 5.10. The van der Waals surface area contributed by atoms with Crippen LogP contribution in [0.5, 0.6) is 0 Å². The molecule has 4 nitrogen and oxygen atoms in total. The quantitative estimate of drug-likeness (QED) is 0.799. The van der Waals surface area contributed by atoms with Crippen molar-refractivity contribution in [1.29, 1.82) is 0 Å². The third kappa shape index (κ3) is 2.48. The smallest absolute Gasteiger partial charge is 0.252 e. The van der Waals surface area contributed by atoms with E-state index in [1.54, 1.807) is 0 Å². The predicted molar refractivity (Wildman–Crippen MR) is 65.5 cm³/mol. The maximum Gasteiger partial charge on any atom is 0.252 e. The maximum atomic E-state index is 13.3. The van der Waals surface area contributed by atoms with E-state index in [0.29, 0.717) is 0 Å². The highest BCUT2D eigenvalue weighted by Crippen LogP contribution is 2.25. The molecule has 0 bridgehead atoms. The monoisotopic (exact) mass is 286 g/mol. The molecule has 1 saturated heterocycles. The van der Waals surface area contributed by atoms with Crippen LogP contribution in [0.2, 0.25) is 0 Å². The Morgan fingerprint density at radius 3 is 2.25 bits per heavy atom. The first kappa shape index (κ1) is 14.4. The van der Waals surface area contributed by atoms with Gasteiger partial charge in [0.05, 0.1) is 0 Å². The van der Waals surface area contributed by atoms with Crippen molar-refractivity contribution < 1.29 is 22.8 Å². The summed E-state index contributed by atoms with van der Waals surface area (Å²) in [6, 6.07) is 1.48. The average molecular weight is 286 g/mol. The van der Waals surface area contributed by atoms with Crippen molar-refractivity contribution >= 4 is 17.5 Å². The van der Waals surface area contributed by atoms with Crippen molar-refractivity contribution in [2.75, 3.05) is 11.4 Å². The Morgan fingerprint density at radius 2 is 1.70 bits per heavy atom. The lowest BCUT2D eigenvalue weighted by Gasteiger charge is -2.28. The predicted octanol–water partition coefficient (Wildman–Crippen LogP) is 1.74. The molecule has 0 aliphatic carbocycles. The second-order valence-corrected chi connectivity index (χ2v) is 5.10. The van der Waals surface area contributed by atoms with Crippen LogP contribution in [0.15, 0.2) is 12.1 Å². The number of halogens is 3. The third-order valence-corrected chi connectivity index (χ3v) is 3.07. The number of anilines is 1. The van der Waals surface area contributed by atoms with Gasteiger partial charge in [-0.3, -0.25) is 9.59 Å². The molecule has 1 aromatic carbocycles. The van der Waals surface area contributed by atoms with Crippen molar-refractivity contribution in [2.45, 2.75) is 25.8 Å². The highest BCUT2D eigenvalue weighted by Gasteiger charge is 2.37. The minimum atomic E-state index is -1.59. The fourth-order valence-corrected chi connectivity index (χ4v) is 2.06. The van der Waals surface area contributed by atoms with Crippen LogP contribution in [0, 0.1) is 17.5 Å². The van der Waals surface area contributed by atoms with Crippen molar-refractivity contribution in [2.24, 2.45) is 0 Å². The van der Waals surface area contributed by atoms with Crippen LogP contribution >= 0.6 is 0 Å². The van der Waals surface area contributed by atoms with Crippen molar-refractivity contribution in [1.82, 2.24) is 5.32 Å². The number of hydrogen-bond donors (Lipinski definition) is 1. The second kappa shape index (κ2) is 4.81. The van der Waals surface area contributed by atoms with Gasteiger partial charge < -0.3 is 10.2 Å². The van der Waals surface area contributed by atoms with Crippen molar-refractivity contribution in [3.63, 3.8) is 0 Å². The van der Waals surface area contributed by atoms with Crippen LogP contribution in [0.3, 0.4) is 0 Å². The summed E-state index contributed by atoms with van der Waals surface area (Å²) in [5.74, 6) is -5.21. The summed E-state index contributed by atoms with van der Waals surface area (Å²) in [5, 5.41) is 2.52. The zero-order chi connectivity index (χ0) is 15.1. The zero-order valence-electron chi connectivity index (χ0n) is 11.0. The highest BCUT2D eigenvalue weighted by atomic mass is 19.2. The zero-order valence-corrected chi connectivity index (χ0v) is 11.0. The fraction of sp³-hybridized carbons (Fsp3) is 0.385. The molecule has 108 valence electrons. The number of nitrogens with zero attached hydrogens (tertiary/aromatic N) is 1. The Bertz CT molecular complexity index is 564. The van der Waals surface area contributed by atoms with E-state index in [4.69, 9.17) is 0 Å². The van der Waals surface area contributed by atoms with Crippen molar-refractivity contribution in [3.8, 4) is 0 Å². The van der Waals surface area contributed by atoms with E-state index in [9.17, 15) is 22.8 Å². The van der Waals surface area contributed by atoms with E-state index in [2.05, 4.69) is 5.32 Å². The summed E-state index contributed by atoms with van der Waals surface area (Å²) < 4.78 is 39.5. The molecule has 0 radical (unpaired) electrons. The van der Waals surface area contributed by atoms with Crippen LogP contribution < -0.4 is 10.2 Å². The lowest BCUT2D eigenvalue weighted by molar-refractivity contribution is -0.128. The molecule has 0 aromatic heterocycles. The molecule has 1 aliphatic heterocycles. The molecule has 0 spiro atoms. The number of amides is 2. The molecule has 1 heterocycles. The third-order valence-electron chi connectivity index (χ3n) is 3.07. The van der Waals surface area contributed by atoms with E-state index in [0.717, 1.165) is 17.0 Å². The Labute approximate surface area is 113 Å². The van der Waals surface area contributed by atoms with Gasteiger partial charge in [-0.15, -0.1) is 0 Å². The van der Waals surface area contributed by atoms with Gasteiger partial charge in [-0.25, -0.2) is 13.2 Å². The topological polar surface area (TPSA) is 49.4 Å². The number of hydrogen-bond acceptors (Lipinski definition) is 2. The summed E-state index contributed by atoms with van der Waals surface area (Å²) >= 11 is 0. The van der Waals surface area contributed by atoms with Crippen LogP contribution in [0.4, 0.5) is 18.9 Å². The van der Waals surface area contributed by atoms with Crippen LogP contribution in [-0.4, -0.2) is 23.9 Å². The molecule has 0 unspecified atom stereocenters. The first-order valence-corrected chi connectivity index (χ1v) is 6.00. The Morgan fingerprint density at radius 1 is 1.15 bits per heavy atom. The minimum Gasteiger partial charge on any atom is -0.342 e. The molecular weight excluding hydrogens is 273 g/mol. The minimum absolute atomic E-state index is 0.00418. The van der Waals surface area contributed by atoms with Gasteiger partial charge in [0.1, 0.15) is 5.54 Å². The van der Waals surface area contributed by atoms with Gasteiger partial charge in [0.2, 0.25) is 5.91 Å². The Hall–Kier alpha value is -2.05. The lowest BCUT2D eigenvalue weighted by Crippen LogP contribution is -2.53. The van der Waals surface area contributed by atoms with Gasteiger partial charge in [-0.2, -0.15) is 0 Å². The number of carbonyl (C=O) groups excluding carboxylic acids is 2. The Balaban J connectivity index is 2.45. The van der Waals surface area contributed by atoms with Gasteiger partial charge in [0, 0.05) is 30.8 Å². The van der Waals surface area contributed by atoms with E-state index in [-0.39, 0.29) is 24.6 Å². The van der Waals surface area contributed by atoms with Crippen LogP contribution in [0.25, 0.3) is 0 Å². The summed E-state index contributed by atoms with van der Waals surface area (Å²) in [7, 11) is 0. The number of carbonyl (C=O) groups is 2. The molecule has 1 aromatic rings. The summed E-state index contributed by atoms with van der Waals surface area (Å²) in [4.78, 5) is 24.9. The first-order chi connectivity index (χ1) is 9.22. The fourth-order valence-electron chi connectivity index (χ4n) is 2.06. The number of rotatable bonds is 1. The van der Waals surface area contributed by atoms with E-state index < -0.39 is 28.9 Å². The maximum absolute atomic E-state index is 13.3. The van der Waals surface area contributed by atoms with Gasteiger partial charge in [0.25, 0.3) is 5.91 Å². The number of nitrogens with one attached hydrogen (secondary N) is 1. The highest BCUT2D eigenvalue weighted by molar-refractivity contribution is 6.03. The molecule has 0 atom stereocenters. The standard InChI is InChI=1S/C13H13F3N2O2/c1-13(2)12(20)18(4-3-10(19)17-13)7-5-8(14)11(16)9(15)6-7/h5-6H,3-4H2,1-2H3,(H,17,19). The largest absolute Gasteiger partial charge is 0.342 e. The lowest BCUT2D eigenvalue weighted by atomic mass is 10.0. The van der Waals surface area contributed by atoms with E-state index >= 15 is 0 Å². The molecule has 7 heteroatoms. The first-order valence-electron chi connectivity index (χ1n) is 6.00. The molecule has 0 saturated carbocycles. The summed E-state index contributed by atoms with van der Waals surface area (Å²) in [6.45, 7) is 2.95. The van der Waals surface area contributed by atoms with Crippen molar-refractivity contribution in [3.05, 3.63) is 29.6 Å². The molecule has 2 amide bonds. The summed E-state index contributed by atoms with van der Waals surface area (Å²) in [5.41, 5.74) is -1.31. The Kier molecular flexibility index (Phi) is 3.45. The number of benzene rings is 1. The van der Waals surface area contributed by atoms with E-state index in [1.807, 2.05) is 0 Å². The molecule has 1 N–H and O–H groups in total. The molecule has 1 aliphatic rings. The normalized spacial score (nSPS) is 18.8.